The van der Waals surface area contributed by atoms with Crippen molar-refractivity contribution in [1.82, 2.24) is 45.3 Å². The van der Waals surface area contributed by atoms with Crippen LogP contribution in [0.2, 0.25) is 5.02 Å². The fourth-order valence-electron chi connectivity index (χ4n) is 5.06. The Morgan fingerprint density at radius 3 is 2.78 bits per heavy atom. The molecule has 0 radical (unpaired) electrons. The van der Waals surface area contributed by atoms with Gasteiger partial charge in [-0.1, -0.05) is 11.6 Å². The van der Waals surface area contributed by atoms with Crippen LogP contribution in [-0.2, 0) is 11.0 Å². The van der Waals surface area contributed by atoms with Gasteiger partial charge in [-0.05, 0) is 47.4 Å². The summed E-state index contributed by atoms with van der Waals surface area (Å²) in [4.78, 5) is 22.1. The highest BCUT2D eigenvalue weighted by molar-refractivity contribution is 6.31. The highest BCUT2D eigenvalue weighted by atomic mass is 35.5. The molecule has 3 aromatic heterocycles. The van der Waals surface area contributed by atoms with E-state index in [1.807, 2.05) is 0 Å². The van der Waals surface area contributed by atoms with Crippen LogP contribution in [-0.4, -0.2) is 57.2 Å². The van der Waals surface area contributed by atoms with Crippen LogP contribution < -0.4 is 0 Å². The Balaban J connectivity index is 1.32. The van der Waals surface area contributed by atoms with E-state index in [0.29, 0.717) is 36.3 Å². The van der Waals surface area contributed by atoms with E-state index in [0.717, 1.165) is 6.20 Å². The number of halogens is 5. The van der Waals surface area contributed by atoms with E-state index in [9.17, 15) is 18.0 Å². The van der Waals surface area contributed by atoms with E-state index < -0.39 is 23.7 Å². The molecular weight excluding hydrogens is 518 g/mol. The number of tetrazole rings is 1. The molecule has 2 N–H and O–H groups in total. The molecule has 5 heterocycles. The van der Waals surface area contributed by atoms with Gasteiger partial charge in [0.1, 0.15) is 12.2 Å². The van der Waals surface area contributed by atoms with Crippen molar-refractivity contribution < 1.29 is 22.4 Å². The molecule has 15 heteroatoms. The molecule has 1 saturated heterocycles. The summed E-state index contributed by atoms with van der Waals surface area (Å²) in [5, 5.41) is 16.4. The summed E-state index contributed by atoms with van der Waals surface area (Å²) < 4.78 is 56.3. The Kier molecular flexibility index (Phi) is 5.36. The number of nitrogens with one attached hydrogen (secondary N) is 2. The highest BCUT2D eigenvalue weighted by Gasteiger charge is 2.43. The Labute approximate surface area is 210 Å². The number of fused-ring (bicyclic) bond motifs is 1. The molecule has 2 atom stereocenters. The first-order valence-corrected chi connectivity index (χ1v) is 11.5. The first-order chi connectivity index (χ1) is 17.7. The highest BCUT2D eigenvalue weighted by Crippen LogP contribution is 2.44. The molecule has 37 heavy (non-hydrogen) atoms. The number of nitrogens with zero attached hydrogens (tertiary/aromatic N) is 7. The van der Waals surface area contributed by atoms with Crippen LogP contribution in [0.4, 0.5) is 17.6 Å². The molecule has 1 aromatic carbocycles. The molecule has 0 spiro atoms. The van der Waals surface area contributed by atoms with Gasteiger partial charge < -0.3 is 9.88 Å². The maximum Gasteiger partial charge on any atom is 0.435 e. The van der Waals surface area contributed by atoms with Gasteiger partial charge in [-0.15, -0.1) is 5.10 Å². The number of H-pyrrole nitrogens is 2. The molecule has 190 valence electrons. The largest absolute Gasteiger partial charge is 0.435 e. The molecule has 0 unspecified atom stereocenters. The van der Waals surface area contributed by atoms with Crippen LogP contribution in [0, 0.1) is 5.82 Å². The normalized spacial score (nSPS) is 19.9. The standard InChI is InChI=1S/C22H16ClF4N9O/c23-13-2-4-15(35-9-30-33-34-35)18(19(13)24)10-5-11-1-3-16(36(11)17(37)6-10)21-28-8-14(31-21)12-7-29-32-20(12)22(25,26)27/h2,4,6-9,11,16H,1,3,5H2,(H,28,31)(H,29,32)/t11-,16+/m1/s1. The second-order valence-electron chi connectivity index (χ2n) is 8.70. The number of benzene rings is 1. The van der Waals surface area contributed by atoms with E-state index in [1.165, 1.54) is 29.3 Å². The zero-order chi connectivity index (χ0) is 25.9. The Hall–Kier alpha value is -4.07. The fourth-order valence-corrected chi connectivity index (χ4v) is 5.22. The summed E-state index contributed by atoms with van der Waals surface area (Å²) in [5.74, 6) is -0.693. The summed E-state index contributed by atoms with van der Waals surface area (Å²) in [7, 11) is 0. The number of hydrogen-bond acceptors (Lipinski definition) is 6. The van der Waals surface area contributed by atoms with Gasteiger partial charge in [0.05, 0.1) is 28.6 Å². The third-order valence-corrected chi connectivity index (χ3v) is 6.90. The maximum absolute atomic E-state index is 15.2. The van der Waals surface area contributed by atoms with Crippen molar-refractivity contribution in [2.75, 3.05) is 0 Å². The molecule has 1 fully saturated rings. The zero-order valence-electron chi connectivity index (χ0n) is 18.7. The average molecular weight is 534 g/mol. The Morgan fingerprint density at radius 2 is 2.03 bits per heavy atom. The van der Waals surface area contributed by atoms with Gasteiger partial charge in [0.25, 0.3) is 0 Å². The number of hydrogen-bond donors (Lipinski definition) is 2. The lowest BCUT2D eigenvalue weighted by Crippen LogP contribution is -2.39. The number of carbonyl (C=O) groups excluding carboxylic acids is 1. The molecule has 0 bridgehead atoms. The monoisotopic (exact) mass is 533 g/mol. The number of rotatable bonds is 4. The lowest BCUT2D eigenvalue weighted by atomic mass is 9.92. The Morgan fingerprint density at radius 1 is 1.19 bits per heavy atom. The topological polar surface area (TPSA) is 121 Å². The quantitative estimate of drug-likeness (QED) is 0.381. The lowest BCUT2D eigenvalue weighted by Gasteiger charge is -2.33. The minimum atomic E-state index is -4.64. The predicted octanol–water partition coefficient (Wildman–Crippen LogP) is 4.11. The molecule has 4 aromatic rings. The predicted molar refractivity (Wildman–Crippen MR) is 120 cm³/mol. The third-order valence-electron chi connectivity index (χ3n) is 6.61. The molecular formula is C22H16ClF4N9O. The molecule has 6 rings (SSSR count). The second kappa shape index (κ2) is 8.50. The first kappa shape index (κ1) is 23.3. The van der Waals surface area contributed by atoms with Crippen LogP contribution in [0.3, 0.4) is 0 Å². The van der Waals surface area contributed by atoms with E-state index in [1.54, 1.807) is 11.0 Å². The Bertz CT molecular complexity index is 1530. The summed E-state index contributed by atoms with van der Waals surface area (Å²) >= 11 is 6.05. The molecule has 10 nitrogen and oxygen atoms in total. The third kappa shape index (κ3) is 3.87. The molecule has 0 aliphatic carbocycles. The number of imidazole rings is 1. The van der Waals surface area contributed by atoms with Crippen molar-refractivity contribution in [1.29, 1.82) is 0 Å². The van der Waals surface area contributed by atoms with Crippen molar-refractivity contribution in [2.45, 2.75) is 37.5 Å². The van der Waals surface area contributed by atoms with Gasteiger partial charge in [0, 0.05) is 29.4 Å². The summed E-state index contributed by atoms with van der Waals surface area (Å²) in [6.45, 7) is 0. The van der Waals surface area contributed by atoms with Crippen molar-refractivity contribution in [3.05, 3.63) is 64.9 Å². The van der Waals surface area contributed by atoms with Crippen molar-refractivity contribution in [3.8, 4) is 16.9 Å². The van der Waals surface area contributed by atoms with Crippen LogP contribution in [0.25, 0.3) is 22.5 Å². The number of carbonyl (C=O) groups is 1. The average Bonchev–Trinajstić information content (AvgIpc) is 3.65. The van der Waals surface area contributed by atoms with E-state index in [2.05, 4.69) is 35.7 Å². The van der Waals surface area contributed by atoms with Gasteiger partial charge in [0.2, 0.25) is 5.91 Å². The molecule has 1 amide bonds. The second-order valence-corrected chi connectivity index (χ2v) is 9.11. The molecule has 2 aliphatic heterocycles. The molecule has 2 aliphatic rings. The zero-order valence-corrected chi connectivity index (χ0v) is 19.4. The first-order valence-electron chi connectivity index (χ1n) is 11.1. The van der Waals surface area contributed by atoms with Crippen molar-refractivity contribution >= 4 is 23.1 Å². The van der Waals surface area contributed by atoms with Gasteiger partial charge in [-0.2, -0.15) is 23.0 Å². The SMILES string of the molecule is O=C1C=C(c2c(-n3cnnn3)ccc(Cl)c2F)C[C@H]2CC[C@@H](c3ncc(-c4c[nH]nc4C(F)(F)F)[nH]3)N12. The van der Waals surface area contributed by atoms with E-state index >= 15 is 4.39 Å². The minimum absolute atomic E-state index is 0.104. The summed E-state index contributed by atoms with van der Waals surface area (Å²) in [6, 6.07) is 2.21. The van der Waals surface area contributed by atoms with Crippen LogP contribution in [0.15, 0.2) is 36.9 Å². The number of alkyl halides is 3. The fraction of sp³-hybridized carbons (Fsp3) is 0.273. The van der Waals surface area contributed by atoms with E-state index in [4.69, 9.17) is 11.6 Å². The van der Waals surface area contributed by atoms with Gasteiger partial charge in [0.15, 0.2) is 11.5 Å². The maximum atomic E-state index is 15.2. The number of aromatic amines is 2. The summed E-state index contributed by atoms with van der Waals surface area (Å²) in [6.07, 6.45) is 1.90. The van der Waals surface area contributed by atoms with Crippen LogP contribution in [0.1, 0.15) is 42.4 Å². The minimum Gasteiger partial charge on any atom is -0.340 e. The van der Waals surface area contributed by atoms with Gasteiger partial charge in [-0.25, -0.2) is 9.37 Å². The van der Waals surface area contributed by atoms with Crippen molar-refractivity contribution in [3.63, 3.8) is 0 Å². The van der Waals surface area contributed by atoms with Gasteiger partial charge in [-0.3, -0.25) is 9.89 Å². The molecule has 0 saturated carbocycles. The lowest BCUT2D eigenvalue weighted by molar-refractivity contribution is -0.140. The van der Waals surface area contributed by atoms with Crippen molar-refractivity contribution in [2.24, 2.45) is 0 Å². The number of amides is 1. The smallest absolute Gasteiger partial charge is 0.340 e. The number of aromatic nitrogens is 8. The van der Waals surface area contributed by atoms with Crippen LogP contribution in [0.5, 0.6) is 0 Å². The van der Waals surface area contributed by atoms with Gasteiger partial charge >= 0.3 is 6.18 Å². The van der Waals surface area contributed by atoms with E-state index in [-0.39, 0.29) is 33.8 Å². The summed E-state index contributed by atoms with van der Waals surface area (Å²) in [5.41, 5.74) is -0.172. The van der Waals surface area contributed by atoms with Crippen LogP contribution >= 0.6 is 11.6 Å².